The molecule has 0 unspecified atom stereocenters. The molecule has 6 nitrogen and oxygen atoms in total. The van der Waals surface area contributed by atoms with Gasteiger partial charge in [-0.1, -0.05) is 0 Å². The molecule has 1 aromatic heterocycles. The molecule has 0 radical (unpaired) electrons. The number of esters is 1. The number of hydrogen-bond donors (Lipinski definition) is 1. The highest BCUT2D eigenvalue weighted by Crippen LogP contribution is 2.28. The summed E-state index contributed by atoms with van der Waals surface area (Å²) in [6.07, 6.45) is 4.14. The van der Waals surface area contributed by atoms with E-state index >= 15 is 0 Å². The third-order valence-electron chi connectivity index (χ3n) is 3.01. The van der Waals surface area contributed by atoms with E-state index in [1.165, 1.54) is 13.3 Å². The number of rotatable bonds is 2. The Bertz CT molecular complexity index is 455. The number of hydrogen-bond acceptors (Lipinski definition) is 6. The molecule has 1 aliphatic heterocycles. The SMILES string of the molecule is COC(=O)[C@H]1CCCCN1c1nc(Cl)ncc1N. The molecule has 98 valence electrons. The molecule has 18 heavy (non-hydrogen) atoms. The maximum atomic E-state index is 11.8. The summed E-state index contributed by atoms with van der Waals surface area (Å²) in [6, 6.07) is -0.350. The van der Waals surface area contributed by atoms with Gasteiger partial charge in [0.2, 0.25) is 5.28 Å². The molecular weight excluding hydrogens is 256 g/mol. The number of carbonyl (C=O) groups excluding carboxylic acids is 1. The Morgan fingerprint density at radius 1 is 1.61 bits per heavy atom. The molecule has 1 atom stereocenters. The first-order valence-electron chi connectivity index (χ1n) is 5.76. The molecule has 2 N–H and O–H groups in total. The highest BCUT2D eigenvalue weighted by atomic mass is 35.5. The maximum absolute atomic E-state index is 11.8. The molecule has 0 saturated carbocycles. The van der Waals surface area contributed by atoms with Crippen LogP contribution in [0.1, 0.15) is 19.3 Å². The van der Waals surface area contributed by atoms with Gasteiger partial charge in [-0.25, -0.2) is 9.78 Å². The number of aromatic nitrogens is 2. The van der Waals surface area contributed by atoms with Gasteiger partial charge in [0, 0.05) is 6.54 Å². The summed E-state index contributed by atoms with van der Waals surface area (Å²) in [7, 11) is 1.38. The molecule has 1 aliphatic rings. The lowest BCUT2D eigenvalue weighted by Crippen LogP contribution is -2.46. The fraction of sp³-hybridized carbons (Fsp3) is 0.545. The molecule has 1 saturated heterocycles. The number of piperidine rings is 1. The molecular formula is C11H15ClN4O2. The molecule has 0 bridgehead atoms. The second-order valence-corrected chi connectivity index (χ2v) is 4.48. The lowest BCUT2D eigenvalue weighted by atomic mass is 10.0. The van der Waals surface area contributed by atoms with Gasteiger partial charge in [-0.15, -0.1) is 0 Å². The first-order chi connectivity index (χ1) is 8.63. The van der Waals surface area contributed by atoms with Crippen molar-refractivity contribution in [1.29, 1.82) is 0 Å². The fourth-order valence-corrected chi connectivity index (χ4v) is 2.29. The lowest BCUT2D eigenvalue weighted by Gasteiger charge is -2.35. The number of halogens is 1. The first-order valence-corrected chi connectivity index (χ1v) is 6.13. The maximum Gasteiger partial charge on any atom is 0.328 e. The monoisotopic (exact) mass is 270 g/mol. The Hall–Kier alpha value is -1.56. The topological polar surface area (TPSA) is 81.3 Å². The van der Waals surface area contributed by atoms with Crippen LogP contribution in [0.5, 0.6) is 0 Å². The smallest absolute Gasteiger partial charge is 0.328 e. The van der Waals surface area contributed by atoms with E-state index in [1.807, 2.05) is 4.90 Å². The van der Waals surface area contributed by atoms with Crippen molar-refractivity contribution in [3.8, 4) is 0 Å². The van der Waals surface area contributed by atoms with E-state index in [0.717, 1.165) is 19.3 Å². The van der Waals surface area contributed by atoms with Crippen LogP contribution in [0.4, 0.5) is 11.5 Å². The second kappa shape index (κ2) is 5.39. The summed E-state index contributed by atoms with van der Waals surface area (Å²) in [5.74, 6) is 0.230. The molecule has 2 heterocycles. The predicted molar refractivity (Wildman–Crippen MR) is 68.5 cm³/mol. The standard InChI is InChI=1S/C11H15ClN4O2/c1-18-10(17)8-4-2-3-5-16(8)9-7(13)6-14-11(12)15-9/h6,8H,2-5,13H2,1H3/t8-/m1/s1. The summed E-state index contributed by atoms with van der Waals surface area (Å²) in [5.41, 5.74) is 6.26. The van der Waals surface area contributed by atoms with Crippen molar-refractivity contribution in [2.75, 3.05) is 24.3 Å². The zero-order valence-corrected chi connectivity index (χ0v) is 10.9. The highest BCUT2D eigenvalue weighted by Gasteiger charge is 2.31. The van der Waals surface area contributed by atoms with Crippen molar-refractivity contribution in [2.24, 2.45) is 0 Å². The summed E-state index contributed by atoms with van der Waals surface area (Å²) < 4.78 is 4.81. The molecule has 0 aliphatic carbocycles. The number of methoxy groups -OCH3 is 1. The molecule has 2 rings (SSSR count). The Kier molecular flexibility index (Phi) is 3.86. The van der Waals surface area contributed by atoms with Crippen molar-refractivity contribution in [3.63, 3.8) is 0 Å². The van der Waals surface area contributed by atoms with Crippen molar-refractivity contribution >= 4 is 29.1 Å². The zero-order chi connectivity index (χ0) is 13.1. The average Bonchev–Trinajstić information content (AvgIpc) is 2.40. The molecule has 0 amide bonds. The van der Waals surface area contributed by atoms with Gasteiger partial charge in [-0.05, 0) is 30.9 Å². The number of nitrogens with zero attached hydrogens (tertiary/aromatic N) is 3. The third-order valence-corrected chi connectivity index (χ3v) is 3.20. The second-order valence-electron chi connectivity index (χ2n) is 4.15. The van der Waals surface area contributed by atoms with Crippen LogP contribution in [0.15, 0.2) is 6.20 Å². The first kappa shape index (κ1) is 12.9. The van der Waals surface area contributed by atoms with Gasteiger partial charge in [0.15, 0.2) is 5.82 Å². The minimum Gasteiger partial charge on any atom is -0.467 e. The Morgan fingerprint density at radius 2 is 2.39 bits per heavy atom. The van der Waals surface area contributed by atoms with Crippen LogP contribution in [0, 0.1) is 0 Å². The Morgan fingerprint density at radius 3 is 3.11 bits per heavy atom. The van der Waals surface area contributed by atoms with Gasteiger partial charge in [-0.2, -0.15) is 4.98 Å². The summed E-state index contributed by atoms with van der Waals surface area (Å²) in [4.78, 5) is 21.5. The van der Waals surface area contributed by atoms with E-state index < -0.39 is 0 Å². The molecule has 0 aromatic carbocycles. The van der Waals surface area contributed by atoms with Crippen LogP contribution in [-0.2, 0) is 9.53 Å². The van der Waals surface area contributed by atoms with Crippen molar-refractivity contribution in [2.45, 2.75) is 25.3 Å². The van der Waals surface area contributed by atoms with Gasteiger partial charge in [0.1, 0.15) is 6.04 Å². The minimum atomic E-state index is -0.350. The molecule has 1 aromatic rings. The van der Waals surface area contributed by atoms with Gasteiger partial charge in [0.05, 0.1) is 19.0 Å². The van der Waals surface area contributed by atoms with E-state index in [9.17, 15) is 4.79 Å². The number of nitrogen functional groups attached to an aromatic ring is 1. The Labute approximate surface area is 110 Å². The van der Waals surface area contributed by atoms with Crippen LogP contribution in [0.3, 0.4) is 0 Å². The fourth-order valence-electron chi connectivity index (χ4n) is 2.16. The normalized spacial score (nSPS) is 19.7. The minimum absolute atomic E-state index is 0.119. The lowest BCUT2D eigenvalue weighted by molar-refractivity contribution is -0.142. The van der Waals surface area contributed by atoms with Crippen LogP contribution in [0.25, 0.3) is 0 Å². The van der Waals surface area contributed by atoms with Gasteiger partial charge in [-0.3, -0.25) is 0 Å². The van der Waals surface area contributed by atoms with E-state index in [1.54, 1.807) is 0 Å². The summed E-state index contributed by atoms with van der Waals surface area (Å²) in [5, 5.41) is 0.119. The van der Waals surface area contributed by atoms with Crippen LogP contribution < -0.4 is 10.6 Å². The van der Waals surface area contributed by atoms with Gasteiger partial charge < -0.3 is 15.4 Å². The quantitative estimate of drug-likeness (QED) is 0.643. The van der Waals surface area contributed by atoms with Crippen LogP contribution in [-0.4, -0.2) is 35.6 Å². The largest absolute Gasteiger partial charge is 0.467 e. The average molecular weight is 271 g/mol. The van der Waals surface area contributed by atoms with Crippen LogP contribution in [0.2, 0.25) is 5.28 Å². The number of nitrogens with two attached hydrogens (primary N) is 1. The van der Waals surface area contributed by atoms with E-state index in [2.05, 4.69) is 9.97 Å². The van der Waals surface area contributed by atoms with Crippen molar-refractivity contribution in [1.82, 2.24) is 9.97 Å². The van der Waals surface area contributed by atoms with E-state index in [0.29, 0.717) is 18.1 Å². The third kappa shape index (κ3) is 2.48. The Balaban J connectivity index is 2.33. The van der Waals surface area contributed by atoms with E-state index in [4.69, 9.17) is 22.1 Å². The number of ether oxygens (including phenoxy) is 1. The van der Waals surface area contributed by atoms with Crippen molar-refractivity contribution in [3.05, 3.63) is 11.5 Å². The van der Waals surface area contributed by atoms with Gasteiger partial charge >= 0.3 is 5.97 Å². The zero-order valence-electron chi connectivity index (χ0n) is 10.1. The summed E-state index contributed by atoms with van der Waals surface area (Å²) in [6.45, 7) is 0.706. The molecule has 1 fully saturated rings. The highest BCUT2D eigenvalue weighted by molar-refractivity contribution is 6.28. The predicted octanol–water partition coefficient (Wildman–Crippen LogP) is 1.24. The van der Waals surface area contributed by atoms with Crippen LogP contribution >= 0.6 is 11.6 Å². The number of carbonyl (C=O) groups is 1. The summed E-state index contributed by atoms with van der Waals surface area (Å²) >= 11 is 5.78. The molecule has 0 spiro atoms. The van der Waals surface area contributed by atoms with Crippen molar-refractivity contribution < 1.29 is 9.53 Å². The van der Waals surface area contributed by atoms with E-state index in [-0.39, 0.29) is 17.3 Å². The number of anilines is 2. The molecule has 7 heteroatoms. The van der Waals surface area contributed by atoms with Gasteiger partial charge in [0.25, 0.3) is 0 Å².